The van der Waals surface area contributed by atoms with Crippen LogP contribution in [0.25, 0.3) is 0 Å². The number of aliphatic hydroxyl groups is 2. The molecule has 152 valence electrons. The third kappa shape index (κ3) is 12.2. The third-order valence-corrected chi connectivity index (χ3v) is 2.55. The van der Waals surface area contributed by atoms with E-state index in [1.165, 1.54) is 16.8 Å². The minimum Gasteiger partial charge on any atom is -0.394 e. The minimum absolute atomic E-state index is 0.206. The number of rotatable bonds is 2. The van der Waals surface area contributed by atoms with E-state index in [2.05, 4.69) is 4.98 Å². The molecule has 0 unspecified atom stereocenters. The number of aliphatic hydroxyl groups excluding tert-OH is 2. The molecule has 1 saturated heterocycles. The Morgan fingerprint density at radius 1 is 1.12 bits per heavy atom. The van der Waals surface area contributed by atoms with E-state index in [0.29, 0.717) is 0 Å². The van der Waals surface area contributed by atoms with Crippen molar-refractivity contribution >= 4 is 15.6 Å². The number of aromatic amines is 1. The normalized spacial score (nSPS) is 22.7. The molecule has 0 aromatic carbocycles. The summed E-state index contributed by atoms with van der Waals surface area (Å²) in [7, 11) is -9.28. The lowest BCUT2D eigenvalue weighted by Crippen LogP contribution is -2.31. The Kier molecular flexibility index (Phi) is 9.72. The van der Waals surface area contributed by atoms with Crippen molar-refractivity contribution < 1.29 is 53.4 Å². The van der Waals surface area contributed by atoms with Crippen LogP contribution in [0.1, 0.15) is 12.6 Å². The highest BCUT2D eigenvalue weighted by Crippen LogP contribution is 2.27. The van der Waals surface area contributed by atoms with Crippen molar-refractivity contribution in [2.24, 2.45) is 0 Å². The molecule has 26 heavy (non-hydrogen) atoms. The Labute approximate surface area is 144 Å². The van der Waals surface area contributed by atoms with E-state index in [0.717, 1.165) is 0 Å². The second-order valence-corrected chi connectivity index (χ2v) is 6.71. The summed E-state index contributed by atoms with van der Waals surface area (Å²) in [6, 6.07) is 1.20. The average Bonchev–Trinajstić information content (AvgIpc) is 2.75. The van der Waals surface area contributed by atoms with Gasteiger partial charge in [-0.15, -0.1) is 0 Å². The van der Waals surface area contributed by atoms with E-state index in [4.69, 9.17) is 48.3 Å². The molecule has 0 aliphatic carbocycles. The minimum atomic E-state index is -4.64. The van der Waals surface area contributed by atoms with E-state index in [9.17, 15) is 14.7 Å². The van der Waals surface area contributed by atoms with Crippen molar-refractivity contribution in [1.82, 2.24) is 9.55 Å². The number of H-pyrrole nitrogens is 1. The van der Waals surface area contributed by atoms with Crippen LogP contribution in [0.2, 0.25) is 0 Å². The number of hydrogen-bond acceptors (Lipinski definition) is 7. The van der Waals surface area contributed by atoms with Gasteiger partial charge in [0.15, 0.2) is 0 Å². The summed E-state index contributed by atoms with van der Waals surface area (Å²) in [5.74, 6) is 0. The Balaban J connectivity index is 0.000000520. The second kappa shape index (κ2) is 10.2. The van der Waals surface area contributed by atoms with E-state index in [1.54, 1.807) is 0 Å². The molecule has 1 fully saturated rings. The molecule has 0 spiro atoms. The number of nitrogens with one attached hydrogen (secondary N) is 1. The molecule has 9 N–H and O–H groups in total. The smallest absolute Gasteiger partial charge is 0.394 e. The van der Waals surface area contributed by atoms with E-state index in [-0.39, 0.29) is 13.0 Å². The Morgan fingerprint density at radius 3 is 1.92 bits per heavy atom. The number of ether oxygens (including phenoxy) is 1. The molecule has 0 bridgehead atoms. The summed E-state index contributed by atoms with van der Waals surface area (Å²) in [4.78, 5) is 67.5. The first kappa shape index (κ1) is 24.8. The lowest BCUT2D eigenvalue weighted by Gasteiger charge is -2.13. The molecule has 1 aliphatic rings. The zero-order chi connectivity index (χ0) is 20.7. The zero-order valence-corrected chi connectivity index (χ0v) is 14.6. The van der Waals surface area contributed by atoms with Gasteiger partial charge in [-0.2, -0.15) is 0 Å². The van der Waals surface area contributed by atoms with Crippen LogP contribution in [0.3, 0.4) is 0 Å². The standard InChI is InChI=1S/C9H12N2O5.2H3O4P/c12-4-6-5(13)3-8(16-6)11-2-1-7(14)10-9(11)15;2*1-5(2,3)4/h1-2,5-6,8,12-13H,3-4H2,(H,10,14,15);2*(H3,1,2,3,4)/t5-,6+,8+;;/m0../s1. The van der Waals surface area contributed by atoms with Gasteiger partial charge in [0.2, 0.25) is 0 Å². The van der Waals surface area contributed by atoms with Crippen molar-refractivity contribution in [2.45, 2.75) is 24.9 Å². The Hall–Kier alpha value is -1.22. The van der Waals surface area contributed by atoms with Crippen LogP contribution in [0.15, 0.2) is 21.9 Å². The second-order valence-electron chi connectivity index (χ2n) is 4.66. The summed E-state index contributed by atoms with van der Waals surface area (Å²) in [6.07, 6.45) is -0.649. The fourth-order valence-corrected chi connectivity index (χ4v) is 1.70. The van der Waals surface area contributed by atoms with Gasteiger partial charge in [-0.25, -0.2) is 13.9 Å². The van der Waals surface area contributed by atoms with Crippen molar-refractivity contribution in [2.75, 3.05) is 6.61 Å². The van der Waals surface area contributed by atoms with Gasteiger partial charge in [-0.05, 0) is 0 Å². The van der Waals surface area contributed by atoms with Gasteiger partial charge in [0.1, 0.15) is 12.3 Å². The highest BCUT2D eigenvalue weighted by Gasteiger charge is 2.34. The van der Waals surface area contributed by atoms with Crippen LogP contribution in [-0.2, 0) is 13.9 Å². The molecular weight excluding hydrogens is 406 g/mol. The van der Waals surface area contributed by atoms with Crippen LogP contribution < -0.4 is 11.2 Å². The number of hydrogen-bond donors (Lipinski definition) is 9. The molecule has 1 aliphatic heterocycles. The monoisotopic (exact) mass is 424 g/mol. The summed E-state index contributed by atoms with van der Waals surface area (Å²) < 4.78 is 24.2. The highest BCUT2D eigenvalue weighted by atomic mass is 31.2. The van der Waals surface area contributed by atoms with Crippen LogP contribution in [0, 0.1) is 0 Å². The van der Waals surface area contributed by atoms with Crippen molar-refractivity contribution in [3.8, 4) is 0 Å². The third-order valence-electron chi connectivity index (χ3n) is 2.55. The summed E-state index contributed by atoms with van der Waals surface area (Å²) >= 11 is 0. The summed E-state index contributed by atoms with van der Waals surface area (Å²) in [5, 5.41) is 18.4. The van der Waals surface area contributed by atoms with Crippen molar-refractivity contribution in [3.05, 3.63) is 33.1 Å². The molecule has 0 radical (unpaired) electrons. The molecule has 17 heteroatoms. The average molecular weight is 424 g/mol. The largest absolute Gasteiger partial charge is 0.466 e. The topological polar surface area (TPSA) is 260 Å². The fourth-order valence-electron chi connectivity index (χ4n) is 1.70. The maximum absolute atomic E-state index is 11.4. The fraction of sp³-hybridized carbons (Fsp3) is 0.556. The molecule has 0 saturated carbocycles. The van der Waals surface area contributed by atoms with Crippen LogP contribution in [-0.4, -0.2) is 67.9 Å². The first-order valence-electron chi connectivity index (χ1n) is 6.44. The van der Waals surface area contributed by atoms with Gasteiger partial charge in [0, 0.05) is 18.7 Å². The lowest BCUT2D eigenvalue weighted by atomic mass is 10.2. The number of phosphoric acid groups is 2. The highest BCUT2D eigenvalue weighted by molar-refractivity contribution is 7.45. The van der Waals surface area contributed by atoms with Gasteiger partial charge in [0.05, 0.1) is 12.7 Å². The number of aromatic nitrogens is 2. The zero-order valence-electron chi connectivity index (χ0n) is 12.8. The van der Waals surface area contributed by atoms with Gasteiger partial charge >= 0.3 is 21.3 Å². The Bertz CT molecular complexity index is 727. The molecule has 1 aromatic heterocycles. The van der Waals surface area contributed by atoms with Crippen LogP contribution in [0.5, 0.6) is 0 Å². The predicted octanol–water partition coefficient (Wildman–Crippen LogP) is -3.68. The van der Waals surface area contributed by atoms with Crippen molar-refractivity contribution in [1.29, 1.82) is 0 Å². The number of nitrogens with zero attached hydrogens (tertiary/aromatic N) is 1. The van der Waals surface area contributed by atoms with Crippen molar-refractivity contribution in [3.63, 3.8) is 0 Å². The predicted molar refractivity (Wildman–Crippen MR) is 81.5 cm³/mol. The molecular formula is C9H18N2O13P2. The van der Waals surface area contributed by atoms with Crippen LogP contribution in [0.4, 0.5) is 0 Å². The van der Waals surface area contributed by atoms with E-state index >= 15 is 0 Å². The van der Waals surface area contributed by atoms with Gasteiger partial charge in [0.25, 0.3) is 5.56 Å². The molecule has 2 rings (SSSR count). The van der Waals surface area contributed by atoms with Gasteiger partial charge in [-0.3, -0.25) is 14.3 Å². The maximum atomic E-state index is 11.4. The van der Waals surface area contributed by atoms with Crippen LogP contribution >= 0.6 is 15.6 Å². The maximum Gasteiger partial charge on any atom is 0.466 e. The molecule has 15 nitrogen and oxygen atoms in total. The van der Waals surface area contributed by atoms with Gasteiger partial charge in [-0.1, -0.05) is 0 Å². The Morgan fingerprint density at radius 2 is 1.58 bits per heavy atom. The summed E-state index contributed by atoms with van der Waals surface area (Å²) in [5.41, 5.74) is -1.08. The van der Waals surface area contributed by atoms with Gasteiger partial charge < -0.3 is 44.3 Å². The first-order valence-corrected chi connectivity index (χ1v) is 9.57. The lowest BCUT2D eigenvalue weighted by molar-refractivity contribution is -0.0459. The first-order chi connectivity index (χ1) is 11.6. The van der Waals surface area contributed by atoms with E-state index in [1.807, 2.05) is 0 Å². The molecule has 1 aromatic rings. The molecule has 2 heterocycles. The quantitative estimate of drug-likeness (QED) is 0.207. The SMILES string of the molecule is O=P(O)(O)O.O=P(O)(O)O.O=c1ccn([C@H]2C[C@H](O)[C@@H](CO)O2)c(=O)[nH]1. The molecule has 3 atom stereocenters. The summed E-state index contributed by atoms with van der Waals surface area (Å²) in [6.45, 7) is -0.310. The van der Waals surface area contributed by atoms with E-state index < -0.39 is 45.3 Å². The molecule has 0 amide bonds.